The summed E-state index contributed by atoms with van der Waals surface area (Å²) >= 11 is 6.88. The maximum atomic E-state index is 12.2. The molecule has 0 radical (unpaired) electrons. The van der Waals surface area contributed by atoms with Gasteiger partial charge in [-0.15, -0.1) is 11.3 Å². The third-order valence-electron chi connectivity index (χ3n) is 5.64. The first kappa shape index (κ1) is 24.2. The molecule has 0 fully saturated rings. The summed E-state index contributed by atoms with van der Waals surface area (Å²) in [6.07, 6.45) is 3.92. The van der Waals surface area contributed by atoms with Crippen LogP contribution in [0.1, 0.15) is 68.5 Å². The van der Waals surface area contributed by atoms with Gasteiger partial charge in [0.1, 0.15) is 16.8 Å². The van der Waals surface area contributed by atoms with Crippen molar-refractivity contribution in [2.45, 2.75) is 65.2 Å². The average Bonchev–Trinajstić information content (AvgIpc) is 3.06. The van der Waals surface area contributed by atoms with E-state index in [9.17, 15) is 10.1 Å². The Morgan fingerprint density at radius 2 is 2.03 bits per heavy atom. The average molecular weight is 470 g/mol. The van der Waals surface area contributed by atoms with Gasteiger partial charge in [0.05, 0.1) is 12.2 Å². The minimum Gasteiger partial charge on any atom is -0.494 e. The number of anilines is 1. The molecule has 170 valence electrons. The van der Waals surface area contributed by atoms with Gasteiger partial charge in [0.2, 0.25) is 5.91 Å². The molecule has 1 unspecified atom stereocenters. The lowest BCUT2D eigenvalue weighted by Crippen LogP contribution is -2.34. The van der Waals surface area contributed by atoms with Crippen LogP contribution < -0.4 is 15.4 Å². The largest absolute Gasteiger partial charge is 0.494 e. The fourth-order valence-corrected chi connectivity index (χ4v) is 5.40. The van der Waals surface area contributed by atoms with Crippen molar-refractivity contribution in [3.05, 3.63) is 45.8 Å². The maximum Gasteiger partial charge on any atom is 0.226 e. The summed E-state index contributed by atoms with van der Waals surface area (Å²) in [4.78, 5) is 13.5. The molecule has 2 N–H and O–H groups in total. The van der Waals surface area contributed by atoms with E-state index in [0.29, 0.717) is 30.9 Å². The first-order valence-electron chi connectivity index (χ1n) is 11.1. The SMILES string of the molecule is CC1CCc2c(sc(NC(=S)NC(=O)CCCOc3ccc(C(C)(C)C)cc3)c2C#N)C1. The van der Waals surface area contributed by atoms with Crippen molar-refractivity contribution >= 4 is 39.6 Å². The molecule has 1 aliphatic carbocycles. The van der Waals surface area contributed by atoms with Crippen molar-refractivity contribution < 1.29 is 9.53 Å². The van der Waals surface area contributed by atoms with Crippen molar-refractivity contribution in [2.24, 2.45) is 5.92 Å². The fraction of sp³-hybridized carbons (Fsp3) is 0.480. The number of nitriles is 1. The number of hydrogen-bond acceptors (Lipinski definition) is 5. The third kappa shape index (κ3) is 6.30. The van der Waals surface area contributed by atoms with Crippen LogP contribution in [0.4, 0.5) is 5.00 Å². The van der Waals surface area contributed by atoms with Crippen molar-refractivity contribution in [3.63, 3.8) is 0 Å². The minimum absolute atomic E-state index is 0.109. The zero-order valence-corrected chi connectivity index (χ0v) is 20.8. The van der Waals surface area contributed by atoms with Gasteiger partial charge in [-0.2, -0.15) is 5.26 Å². The van der Waals surface area contributed by atoms with Crippen molar-refractivity contribution in [3.8, 4) is 11.8 Å². The van der Waals surface area contributed by atoms with Crippen LogP contribution in [-0.2, 0) is 23.1 Å². The first-order valence-corrected chi connectivity index (χ1v) is 12.3. The van der Waals surface area contributed by atoms with Gasteiger partial charge in [0.15, 0.2) is 5.11 Å². The molecular weight excluding hydrogens is 438 g/mol. The molecule has 1 aromatic heterocycles. The molecule has 0 saturated heterocycles. The van der Waals surface area contributed by atoms with Crippen LogP contribution in [0.25, 0.3) is 0 Å². The number of thiophene rings is 1. The molecule has 3 rings (SSSR count). The zero-order chi connectivity index (χ0) is 23.3. The quantitative estimate of drug-likeness (QED) is 0.418. The minimum atomic E-state index is -0.164. The van der Waals surface area contributed by atoms with Gasteiger partial charge < -0.3 is 15.4 Å². The number of carbonyl (C=O) groups is 1. The van der Waals surface area contributed by atoms with Gasteiger partial charge in [-0.1, -0.05) is 39.8 Å². The van der Waals surface area contributed by atoms with Crippen LogP contribution in [0.5, 0.6) is 5.75 Å². The standard InChI is InChI=1S/C25H31N3O2S2/c1-16-7-12-19-20(15-26)23(32-21(19)14-16)28-24(31)27-22(29)6-5-13-30-18-10-8-17(9-11-18)25(2,3)4/h8-11,16H,5-7,12-14H2,1-4H3,(H2,27,28,29,31). The highest BCUT2D eigenvalue weighted by Gasteiger charge is 2.24. The highest BCUT2D eigenvalue weighted by molar-refractivity contribution is 7.80. The van der Waals surface area contributed by atoms with E-state index in [-0.39, 0.29) is 16.4 Å². The number of carbonyl (C=O) groups excluding carboxylic acids is 1. The summed E-state index contributed by atoms with van der Waals surface area (Å²) in [5.41, 5.74) is 3.17. The Bertz CT molecular complexity index is 1010. The molecule has 7 heteroatoms. The normalized spacial score (nSPS) is 15.4. The number of amides is 1. The number of thiocarbonyl (C=S) groups is 1. The first-order chi connectivity index (χ1) is 15.2. The molecule has 2 aromatic rings. The molecule has 1 atom stereocenters. The molecule has 1 aliphatic rings. The lowest BCUT2D eigenvalue weighted by Gasteiger charge is -2.19. The summed E-state index contributed by atoms with van der Waals surface area (Å²) in [5, 5.41) is 16.3. The van der Waals surface area contributed by atoms with E-state index in [1.54, 1.807) is 11.3 Å². The molecule has 1 amide bonds. The highest BCUT2D eigenvalue weighted by atomic mass is 32.1. The number of fused-ring (bicyclic) bond motifs is 1. The molecule has 1 aromatic carbocycles. The smallest absolute Gasteiger partial charge is 0.226 e. The van der Waals surface area contributed by atoms with Crippen molar-refractivity contribution in [1.82, 2.24) is 5.32 Å². The Labute approximate surface area is 200 Å². The lowest BCUT2D eigenvalue weighted by atomic mass is 9.87. The second-order valence-electron chi connectivity index (χ2n) is 9.40. The molecule has 0 bridgehead atoms. The van der Waals surface area contributed by atoms with E-state index in [2.05, 4.69) is 56.5 Å². The number of nitrogens with zero attached hydrogens (tertiary/aromatic N) is 1. The summed E-state index contributed by atoms with van der Waals surface area (Å²) < 4.78 is 5.75. The number of hydrogen-bond donors (Lipinski definition) is 2. The fourth-order valence-electron chi connectivity index (χ4n) is 3.75. The van der Waals surface area contributed by atoms with E-state index in [1.165, 1.54) is 10.4 Å². The van der Waals surface area contributed by atoms with Gasteiger partial charge in [-0.25, -0.2) is 0 Å². The number of benzene rings is 1. The molecule has 0 saturated carbocycles. The van der Waals surface area contributed by atoms with Gasteiger partial charge in [-0.3, -0.25) is 4.79 Å². The van der Waals surface area contributed by atoms with E-state index in [1.807, 2.05) is 12.1 Å². The Balaban J connectivity index is 1.43. The monoisotopic (exact) mass is 469 g/mol. The van der Waals surface area contributed by atoms with E-state index >= 15 is 0 Å². The van der Waals surface area contributed by atoms with Gasteiger partial charge in [-0.05, 0) is 72.5 Å². The molecular formula is C25H31N3O2S2. The predicted molar refractivity (Wildman–Crippen MR) is 134 cm³/mol. The number of nitrogens with one attached hydrogen (secondary N) is 2. The second-order valence-corrected chi connectivity index (χ2v) is 10.9. The van der Waals surface area contributed by atoms with Crippen LogP contribution >= 0.6 is 23.6 Å². The second kappa shape index (κ2) is 10.5. The van der Waals surface area contributed by atoms with Crippen LogP contribution in [-0.4, -0.2) is 17.6 Å². The van der Waals surface area contributed by atoms with Gasteiger partial charge >= 0.3 is 0 Å². The van der Waals surface area contributed by atoms with E-state index in [4.69, 9.17) is 17.0 Å². The Kier molecular flexibility index (Phi) is 7.91. The van der Waals surface area contributed by atoms with E-state index < -0.39 is 0 Å². The van der Waals surface area contributed by atoms with Crippen molar-refractivity contribution in [2.75, 3.05) is 11.9 Å². The van der Waals surface area contributed by atoms with E-state index in [0.717, 1.165) is 35.6 Å². The van der Waals surface area contributed by atoms with Gasteiger partial charge in [0, 0.05) is 11.3 Å². The Morgan fingerprint density at radius 1 is 1.31 bits per heavy atom. The third-order valence-corrected chi connectivity index (χ3v) is 7.01. The molecule has 0 spiro atoms. The summed E-state index contributed by atoms with van der Waals surface area (Å²) in [5.74, 6) is 1.27. The van der Waals surface area contributed by atoms with Crippen LogP contribution in [0.2, 0.25) is 0 Å². The molecule has 0 aliphatic heterocycles. The molecule has 32 heavy (non-hydrogen) atoms. The lowest BCUT2D eigenvalue weighted by molar-refractivity contribution is -0.119. The Hall–Kier alpha value is -2.43. The van der Waals surface area contributed by atoms with Crippen LogP contribution in [0.15, 0.2) is 24.3 Å². The van der Waals surface area contributed by atoms with Crippen molar-refractivity contribution in [1.29, 1.82) is 5.26 Å². The topological polar surface area (TPSA) is 74.2 Å². The van der Waals surface area contributed by atoms with Gasteiger partial charge in [0.25, 0.3) is 0 Å². The summed E-state index contributed by atoms with van der Waals surface area (Å²) in [6, 6.07) is 10.4. The maximum absolute atomic E-state index is 12.2. The summed E-state index contributed by atoms with van der Waals surface area (Å²) in [6.45, 7) is 9.22. The number of rotatable bonds is 6. The van der Waals surface area contributed by atoms with Crippen LogP contribution in [0.3, 0.4) is 0 Å². The zero-order valence-electron chi connectivity index (χ0n) is 19.2. The highest BCUT2D eigenvalue weighted by Crippen LogP contribution is 2.39. The Morgan fingerprint density at radius 3 is 2.69 bits per heavy atom. The summed E-state index contributed by atoms with van der Waals surface area (Å²) in [7, 11) is 0. The number of ether oxygens (including phenoxy) is 1. The molecule has 5 nitrogen and oxygen atoms in total. The van der Waals surface area contributed by atoms with Crippen LogP contribution in [0, 0.1) is 17.2 Å². The predicted octanol–water partition coefficient (Wildman–Crippen LogP) is 5.71. The molecule has 1 heterocycles.